The minimum Gasteiger partial charge on any atom is -0.508 e. The van der Waals surface area contributed by atoms with Crippen LogP contribution in [0.5, 0.6) is 11.6 Å². The molecule has 2 rings (SSSR count). The van der Waals surface area contributed by atoms with Crippen LogP contribution in [0.25, 0.3) is 11.5 Å². The fourth-order valence-electron chi connectivity index (χ4n) is 1.04. The van der Waals surface area contributed by atoms with Crippen molar-refractivity contribution in [3.8, 4) is 23.1 Å². The number of phenols is 1. The Morgan fingerprint density at radius 3 is 2.69 bits per heavy atom. The summed E-state index contributed by atoms with van der Waals surface area (Å²) in [5.41, 5.74) is 0.625. The van der Waals surface area contributed by atoms with Crippen LogP contribution in [0.15, 0.2) is 34.9 Å². The Morgan fingerprint density at radius 2 is 2.08 bits per heavy atom. The maximum atomic E-state index is 9.15. The molecule has 0 aliphatic carbocycles. The lowest BCUT2D eigenvalue weighted by molar-refractivity contribution is 0.448. The second-order valence-corrected chi connectivity index (χ2v) is 2.56. The molecule has 0 bridgehead atoms. The average molecular weight is 177 g/mol. The minimum absolute atomic E-state index is 0.134. The van der Waals surface area contributed by atoms with E-state index in [0.29, 0.717) is 5.56 Å². The molecule has 1 heterocycles. The molecule has 4 nitrogen and oxygen atoms in total. The Balaban J connectivity index is 2.46. The maximum Gasteiger partial charge on any atom is 0.250 e. The monoisotopic (exact) mass is 177 g/mol. The van der Waals surface area contributed by atoms with Gasteiger partial charge in [0.1, 0.15) is 5.75 Å². The van der Waals surface area contributed by atoms with E-state index < -0.39 is 0 Å². The van der Waals surface area contributed by atoms with Crippen molar-refractivity contribution in [3.05, 3.63) is 30.5 Å². The Labute approximate surface area is 74.1 Å². The van der Waals surface area contributed by atoms with Crippen molar-refractivity contribution in [2.45, 2.75) is 0 Å². The highest BCUT2D eigenvalue weighted by Crippen LogP contribution is 2.23. The van der Waals surface area contributed by atoms with E-state index in [-0.39, 0.29) is 17.5 Å². The molecule has 0 fully saturated rings. The molecular formula is C9H7NO3. The molecule has 1 aromatic carbocycles. The third kappa shape index (κ3) is 1.46. The topological polar surface area (TPSA) is 66.5 Å². The van der Waals surface area contributed by atoms with E-state index >= 15 is 0 Å². The van der Waals surface area contributed by atoms with Crippen LogP contribution in [0.3, 0.4) is 0 Å². The van der Waals surface area contributed by atoms with E-state index in [4.69, 9.17) is 14.6 Å². The summed E-state index contributed by atoms with van der Waals surface area (Å²) in [5.74, 6) is 0.252. The third-order valence-electron chi connectivity index (χ3n) is 1.59. The summed E-state index contributed by atoms with van der Waals surface area (Å²) in [7, 11) is 0. The number of benzene rings is 1. The number of rotatable bonds is 1. The van der Waals surface area contributed by atoms with Gasteiger partial charge in [-0.3, -0.25) is 0 Å². The second kappa shape index (κ2) is 2.82. The molecule has 0 aliphatic rings. The van der Waals surface area contributed by atoms with Crippen LogP contribution >= 0.6 is 0 Å². The lowest BCUT2D eigenvalue weighted by Gasteiger charge is -1.94. The van der Waals surface area contributed by atoms with Crippen molar-refractivity contribution in [2.75, 3.05) is 0 Å². The molecule has 13 heavy (non-hydrogen) atoms. The van der Waals surface area contributed by atoms with Gasteiger partial charge in [-0.25, -0.2) is 0 Å². The van der Waals surface area contributed by atoms with Crippen LogP contribution in [0, 0.1) is 0 Å². The van der Waals surface area contributed by atoms with Crippen molar-refractivity contribution in [3.63, 3.8) is 0 Å². The van der Waals surface area contributed by atoms with Gasteiger partial charge < -0.3 is 14.6 Å². The van der Waals surface area contributed by atoms with Gasteiger partial charge >= 0.3 is 0 Å². The van der Waals surface area contributed by atoms with E-state index in [9.17, 15) is 0 Å². The average Bonchev–Trinajstić information content (AvgIpc) is 2.52. The maximum absolute atomic E-state index is 9.15. The second-order valence-electron chi connectivity index (χ2n) is 2.56. The van der Waals surface area contributed by atoms with E-state index in [1.807, 2.05) is 0 Å². The van der Waals surface area contributed by atoms with Gasteiger partial charge in [0.15, 0.2) is 6.26 Å². The summed E-state index contributed by atoms with van der Waals surface area (Å²) in [6.45, 7) is 0. The minimum atomic E-state index is -0.168. The lowest BCUT2D eigenvalue weighted by atomic mass is 10.2. The Hall–Kier alpha value is -1.97. The van der Waals surface area contributed by atoms with Crippen LogP contribution in [0.4, 0.5) is 0 Å². The Bertz CT molecular complexity index is 422. The largest absolute Gasteiger partial charge is 0.508 e. The first-order valence-electron chi connectivity index (χ1n) is 3.69. The number of aromatic hydroxyl groups is 2. The van der Waals surface area contributed by atoms with E-state index in [1.54, 1.807) is 18.2 Å². The summed E-state index contributed by atoms with van der Waals surface area (Å²) in [6.07, 6.45) is 1.14. The zero-order valence-corrected chi connectivity index (χ0v) is 6.64. The number of oxazole rings is 1. The van der Waals surface area contributed by atoms with E-state index in [0.717, 1.165) is 6.26 Å². The van der Waals surface area contributed by atoms with Crippen molar-refractivity contribution in [1.82, 2.24) is 4.98 Å². The van der Waals surface area contributed by atoms with Gasteiger partial charge in [-0.05, 0) is 18.2 Å². The summed E-state index contributed by atoms with van der Waals surface area (Å²) in [6, 6.07) is 6.45. The van der Waals surface area contributed by atoms with E-state index in [2.05, 4.69) is 4.98 Å². The number of hydrogen-bond acceptors (Lipinski definition) is 4. The molecule has 4 heteroatoms. The molecule has 0 amide bonds. The predicted molar refractivity (Wildman–Crippen MR) is 45.3 cm³/mol. The van der Waals surface area contributed by atoms with Crippen molar-refractivity contribution >= 4 is 0 Å². The molecule has 0 atom stereocenters. The van der Waals surface area contributed by atoms with Crippen LogP contribution < -0.4 is 0 Å². The molecule has 0 unspecified atom stereocenters. The molecule has 2 N–H and O–H groups in total. The lowest BCUT2D eigenvalue weighted by Crippen LogP contribution is -1.75. The highest BCUT2D eigenvalue weighted by molar-refractivity contribution is 5.55. The van der Waals surface area contributed by atoms with Crippen LogP contribution in [0.1, 0.15) is 0 Å². The molecule has 2 aromatic rings. The zero-order chi connectivity index (χ0) is 9.26. The fraction of sp³-hybridized carbons (Fsp3) is 0. The summed E-state index contributed by atoms with van der Waals surface area (Å²) >= 11 is 0. The highest BCUT2D eigenvalue weighted by atomic mass is 16.4. The van der Waals surface area contributed by atoms with Crippen molar-refractivity contribution in [2.24, 2.45) is 0 Å². The number of nitrogens with zero attached hydrogens (tertiary/aromatic N) is 1. The first-order chi connectivity index (χ1) is 6.25. The number of aromatic nitrogens is 1. The third-order valence-corrected chi connectivity index (χ3v) is 1.59. The standard InChI is InChI=1S/C9H7NO3/c11-7-3-1-2-6(4-7)9-10-8(12)5-13-9/h1-5,11-12H. The van der Waals surface area contributed by atoms with E-state index in [1.165, 1.54) is 6.07 Å². The summed E-state index contributed by atoms with van der Waals surface area (Å²) in [5, 5.41) is 18.1. The predicted octanol–water partition coefficient (Wildman–Crippen LogP) is 1.75. The van der Waals surface area contributed by atoms with Gasteiger partial charge in [0.2, 0.25) is 5.89 Å². The molecule has 0 aliphatic heterocycles. The quantitative estimate of drug-likeness (QED) is 0.696. The molecule has 0 radical (unpaired) electrons. The van der Waals surface area contributed by atoms with Gasteiger partial charge in [0.05, 0.1) is 0 Å². The van der Waals surface area contributed by atoms with Gasteiger partial charge in [0, 0.05) is 5.56 Å². The number of phenolic OH excluding ortho intramolecular Hbond substituents is 1. The highest BCUT2D eigenvalue weighted by Gasteiger charge is 2.05. The van der Waals surface area contributed by atoms with Gasteiger partial charge in [-0.2, -0.15) is 4.98 Å². The fourth-order valence-corrected chi connectivity index (χ4v) is 1.04. The Morgan fingerprint density at radius 1 is 1.23 bits per heavy atom. The number of hydrogen-bond donors (Lipinski definition) is 2. The van der Waals surface area contributed by atoms with Gasteiger partial charge in [0.25, 0.3) is 5.88 Å². The summed E-state index contributed by atoms with van der Waals surface area (Å²) < 4.78 is 4.93. The van der Waals surface area contributed by atoms with Crippen LogP contribution in [0.2, 0.25) is 0 Å². The molecule has 66 valence electrons. The first-order valence-corrected chi connectivity index (χ1v) is 3.69. The molecule has 0 saturated heterocycles. The van der Waals surface area contributed by atoms with Gasteiger partial charge in [-0.15, -0.1) is 0 Å². The Kier molecular flexibility index (Phi) is 1.66. The van der Waals surface area contributed by atoms with Crippen molar-refractivity contribution in [1.29, 1.82) is 0 Å². The smallest absolute Gasteiger partial charge is 0.250 e. The normalized spacial score (nSPS) is 10.2. The van der Waals surface area contributed by atoms with Crippen molar-refractivity contribution < 1.29 is 14.6 Å². The zero-order valence-electron chi connectivity index (χ0n) is 6.64. The van der Waals surface area contributed by atoms with Gasteiger partial charge in [-0.1, -0.05) is 6.07 Å². The first kappa shape index (κ1) is 7.67. The molecule has 0 saturated carbocycles. The molecule has 0 spiro atoms. The summed E-state index contributed by atoms with van der Waals surface area (Å²) in [4.78, 5) is 3.70. The SMILES string of the molecule is Oc1cccc(-c2nc(O)co2)c1. The van der Waals surface area contributed by atoms with Crippen LogP contribution in [-0.2, 0) is 0 Å². The molecule has 1 aromatic heterocycles. The molecular weight excluding hydrogens is 170 g/mol. The van der Waals surface area contributed by atoms with Crippen LogP contribution in [-0.4, -0.2) is 15.2 Å².